The third kappa shape index (κ3) is 2.74. The van der Waals surface area contributed by atoms with Crippen LogP contribution in [-0.4, -0.2) is 23.2 Å². The molecule has 2 heterocycles. The largest absolute Gasteiger partial charge is 0.497 e. The van der Waals surface area contributed by atoms with Crippen LogP contribution in [0.4, 0.5) is 5.82 Å². The first-order chi connectivity index (χ1) is 10.2. The highest BCUT2D eigenvalue weighted by atomic mass is 16.5. The molecule has 0 spiro atoms. The average molecular weight is 285 g/mol. The molecule has 0 aliphatic rings. The highest BCUT2D eigenvalue weighted by Crippen LogP contribution is 2.24. The molecule has 2 aromatic heterocycles. The van der Waals surface area contributed by atoms with Crippen molar-refractivity contribution in [3.05, 3.63) is 41.8 Å². The molecule has 21 heavy (non-hydrogen) atoms. The Morgan fingerprint density at radius 3 is 3.00 bits per heavy atom. The first-order valence-corrected chi connectivity index (χ1v) is 6.53. The van der Waals surface area contributed by atoms with Gasteiger partial charge in [-0.15, -0.1) is 0 Å². The van der Waals surface area contributed by atoms with Crippen LogP contribution in [-0.2, 0) is 11.2 Å². The molecule has 0 unspecified atom stereocenters. The number of carbonyl (C=O) groups excluding carboxylic acids is 1. The monoisotopic (exact) mass is 285 g/mol. The molecule has 1 amide bonds. The lowest BCUT2D eigenvalue weighted by atomic mass is 10.1. The molecule has 0 aliphatic heterocycles. The fourth-order valence-corrected chi connectivity index (χ4v) is 2.22. The Bertz CT molecular complexity index is 788. The number of nitrogens with one attached hydrogen (secondary N) is 2. The van der Waals surface area contributed by atoms with Gasteiger partial charge in [-0.1, -0.05) is 5.16 Å². The Hall–Kier alpha value is -2.76. The predicted octanol–water partition coefficient (Wildman–Crippen LogP) is 2.65. The SMILES string of the molecule is COc1ccc2[nH]cc(CC(=O)Nc3cc(C)on3)c2c1. The number of hydrogen-bond acceptors (Lipinski definition) is 4. The van der Waals surface area contributed by atoms with Crippen LogP contribution in [0.25, 0.3) is 10.9 Å². The average Bonchev–Trinajstić information content (AvgIpc) is 3.05. The number of ether oxygens (including phenoxy) is 1. The Kier molecular flexibility index (Phi) is 3.35. The summed E-state index contributed by atoms with van der Waals surface area (Å²) in [6.45, 7) is 1.77. The van der Waals surface area contributed by atoms with Gasteiger partial charge in [-0.05, 0) is 30.7 Å². The van der Waals surface area contributed by atoms with Crippen molar-refractivity contribution in [3.8, 4) is 5.75 Å². The maximum absolute atomic E-state index is 12.0. The molecule has 0 radical (unpaired) electrons. The summed E-state index contributed by atoms with van der Waals surface area (Å²) in [6.07, 6.45) is 2.08. The van der Waals surface area contributed by atoms with Crippen LogP contribution in [0.15, 0.2) is 35.0 Å². The van der Waals surface area contributed by atoms with Crippen LogP contribution in [0, 0.1) is 6.92 Å². The molecule has 3 aromatic rings. The van der Waals surface area contributed by atoms with E-state index in [9.17, 15) is 4.79 Å². The quantitative estimate of drug-likeness (QED) is 0.772. The number of hydrogen-bond donors (Lipinski definition) is 2. The number of rotatable bonds is 4. The zero-order valence-electron chi connectivity index (χ0n) is 11.8. The van der Waals surface area contributed by atoms with Gasteiger partial charge >= 0.3 is 0 Å². The van der Waals surface area contributed by atoms with E-state index in [0.29, 0.717) is 11.6 Å². The Labute approximate surface area is 121 Å². The molecular formula is C15H15N3O3. The first kappa shape index (κ1) is 13.2. The molecule has 6 nitrogen and oxygen atoms in total. The zero-order chi connectivity index (χ0) is 14.8. The van der Waals surface area contributed by atoms with Crippen LogP contribution in [0.1, 0.15) is 11.3 Å². The minimum absolute atomic E-state index is 0.146. The molecule has 0 bridgehead atoms. The second kappa shape index (κ2) is 5.32. The van der Waals surface area contributed by atoms with Crippen molar-refractivity contribution in [2.24, 2.45) is 0 Å². The van der Waals surface area contributed by atoms with E-state index in [-0.39, 0.29) is 12.3 Å². The molecule has 0 fully saturated rings. The van der Waals surface area contributed by atoms with Gasteiger partial charge in [-0.2, -0.15) is 0 Å². The summed E-state index contributed by atoms with van der Waals surface area (Å²) in [4.78, 5) is 15.2. The van der Waals surface area contributed by atoms with Gasteiger partial charge in [0.15, 0.2) is 5.82 Å². The molecule has 3 rings (SSSR count). The number of nitrogens with zero attached hydrogens (tertiary/aromatic N) is 1. The van der Waals surface area contributed by atoms with Gasteiger partial charge in [0.05, 0.1) is 13.5 Å². The van der Waals surface area contributed by atoms with E-state index in [4.69, 9.17) is 9.26 Å². The van der Waals surface area contributed by atoms with Crippen LogP contribution < -0.4 is 10.1 Å². The fourth-order valence-electron chi connectivity index (χ4n) is 2.22. The van der Waals surface area contributed by atoms with Crippen molar-refractivity contribution in [3.63, 3.8) is 0 Å². The smallest absolute Gasteiger partial charge is 0.230 e. The molecular weight excluding hydrogens is 270 g/mol. The summed E-state index contributed by atoms with van der Waals surface area (Å²) in [5.41, 5.74) is 1.87. The maximum Gasteiger partial charge on any atom is 0.230 e. The molecule has 108 valence electrons. The van der Waals surface area contributed by atoms with Gasteiger partial charge in [-0.25, -0.2) is 0 Å². The zero-order valence-corrected chi connectivity index (χ0v) is 11.8. The number of H-pyrrole nitrogens is 1. The molecule has 0 atom stereocenters. The Morgan fingerprint density at radius 2 is 2.29 bits per heavy atom. The van der Waals surface area contributed by atoms with E-state index in [0.717, 1.165) is 22.2 Å². The molecule has 6 heteroatoms. The lowest BCUT2D eigenvalue weighted by Gasteiger charge is -2.02. The maximum atomic E-state index is 12.0. The first-order valence-electron chi connectivity index (χ1n) is 6.53. The van der Waals surface area contributed by atoms with E-state index in [2.05, 4.69) is 15.5 Å². The standard InChI is InChI=1S/C15H15N3O3/c1-9-5-14(18-21-9)17-15(19)6-10-8-16-13-4-3-11(20-2)7-12(10)13/h3-5,7-8,16H,6H2,1-2H3,(H,17,18,19). The minimum atomic E-state index is -0.146. The van der Waals surface area contributed by atoms with Crippen LogP contribution in [0.5, 0.6) is 5.75 Å². The van der Waals surface area contributed by atoms with Crippen molar-refractivity contribution in [1.82, 2.24) is 10.1 Å². The molecule has 0 aliphatic carbocycles. The lowest BCUT2D eigenvalue weighted by Crippen LogP contribution is -2.14. The van der Waals surface area contributed by atoms with E-state index in [1.165, 1.54) is 0 Å². The van der Waals surface area contributed by atoms with Crippen molar-refractivity contribution < 1.29 is 14.1 Å². The summed E-state index contributed by atoms with van der Waals surface area (Å²) in [5.74, 6) is 1.69. The van der Waals surface area contributed by atoms with Crippen LogP contribution >= 0.6 is 0 Å². The normalized spacial score (nSPS) is 10.8. The number of anilines is 1. The number of carbonyl (C=O) groups is 1. The predicted molar refractivity (Wildman–Crippen MR) is 78.4 cm³/mol. The highest BCUT2D eigenvalue weighted by Gasteiger charge is 2.11. The van der Waals surface area contributed by atoms with Gasteiger partial charge in [-0.3, -0.25) is 4.79 Å². The van der Waals surface area contributed by atoms with E-state index >= 15 is 0 Å². The number of fused-ring (bicyclic) bond motifs is 1. The fraction of sp³-hybridized carbons (Fsp3) is 0.200. The van der Waals surface area contributed by atoms with Crippen LogP contribution in [0.2, 0.25) is 0 Å². The summed E-state index contributed by atoms with van der Waals surface area (Å²) in [7, 11) is 1.62. The summed E-state index contributed by atoms with van der Waals surface area (Å²) in [5, 5.41) is 7.42. The summed E-state index contributed by atoms with van der Waals surface area (Å²) in [6, 6.07) is 7.39. The molecule has 0 saturated heterocycles. The summed E-state index contributed by atoms with van der Waals surface area (Å²) < 4.78 is 10.1. The topological polar surface area (TPSA) is 80.2 Å². The molecule has 1 aromatic carbocycles. The summed E-state index contributed by atoms with van der Waals surface area (Å²) >= 11 is 0. The Balaban J connectivity index is 1.79. The molecule has 0 saturated carbocycles. The van der Waals surface area contributed by atoms with Crippen molar-refractivity contribution >= 4 is 22.6 Å². The van der Waals surface area contributed by atoms with Crippen molar-refractivity contribution in [2.75, 3.05) is 12.4 Å². The lowest BCUT2D eigenvalue weighted by molar-refractivity contribution is -0.115. The second-order valence-electron chi connectivity index (χ2n) is 4.77. The number of amides is 1. The van der Waals surface area contributed by atoms with Gasteiger partial charge in [0.1, 0.15) is 11.5 Å². The van der Waals surface area contributed by atoms with Crippen LogP contribution in [0.3, 0.4) is 0 Å². The van der Waals surface area contributed by atoms with Crippen molar-refractivity contribution in [1.29, 1.82) is 0 Å². The number of aryl methyl sites for hydroxylation is 1. The van der Waals surface area contributed by atoms with Gasteiger partial charge < -0.3 is 19.6 Å². The highest BCUT2D eigenvalue weighted by molar-refractivity contribution is 5.95. The van der Waals surface area contributed by atoms with Gasteiger partial charge in [0.25, 0.3) is 0 Å². The molecule has 2 N–H and O–H groups in total. The van der Waals surface area contributed by atoms with Gasteiger partial charge in [0, 0.05) is 23.2 Å². The number of benzene rings is 1. The number of aromatic amines is 1. The second-order valence-corrected chi connectivity index (χ2v) is 4.77. The number of aromatic nitrogens is 2. The van der Waals surface area contributed by atoms with E-state index < -0.39 is 0 Å². The third-order valence-electron chi connectivity index (χ3n) is 3.22. The van der Waals surface area contributed by atoms with Gasteiger partial charge in [0.2, 0.25) is 5.91 Å². The van der Waals surface area contributed by atoms with E-state index in [1.54, 1.807) is 20.1 Å². The minimum Gasteiger partial charge on any atom is -0.497 e. The third-order valence-corrected chi connectivity index (χ3v) is 3.22. The number of methoxy groups -OCH3 is 1. The Morgan fingerprint density at radius 1 is 1.43 bits per heavy atom. The van der Waals surface area contributed by atoms with Crippen molar-refractivity contribution in [2.45, 2.75) is 13.3 Å². The van der Waals surface area contributed by atoms with E-state index in [1.807, 2.05) is 24.4 Å².